The molecule has 100 valence electrons. The highest BCUT2D eigenvalue weighted by Crippen LogP contribution is 2.10. The number of amides is 1. The predicted molar refractivity (Wildman–Crippen MR) is 69.7 cm³/mol. The van der Waals surface area contributed by atoms with E-state index in [1.165, 1.54) is 12.1 Å². The summed E-state index contributed by atoms with van der Waals surface area (Å²) in [5.41, 5.74) is 6.17. The normalized spacial score (nSPS) is 11.2. The van der Waals surface area contributed by atoms with Crippen LogP contribution >= 0.6 is 0 Å². The van der Waals surface area contributed by atoms with Crippen molar-refractivity contribution in [2.24, 2.45) is 5.73 Å². The Morgan fingerprint density at radius 2 is 1.89 bits per heavy atom. The van der Waals surface area contributed by atoms with Gasteiger partial charge in [0.2, 0.25) is 5.91 Å². The van der Waals surface area contributed by atoms with E-state index in [0.29, 0.717) is 25.9 Å². The molecule has 18 heavy (non-hydrogen) atoms. The Morgan fingerprint density at radius 1 is 1.28 bits per heavy atom. The van der Waals surface area contributed by atoms with Crippen LogP contribution in [0.5, 0.6) is 0 Å². The molecule has 0 heterocycles. The first-order chi connectivity index (χ1) is 8.43. The smallest absolute Gasteiger partial charge is 0.220 e. The Bertz CT molecular complexity index is 495. The minimum Gasteiger partial charge on any atom is -0.352 e. The summed E-state index contributed by atoms with van der Waals surface area (Å²) in [4.78, 5) is 11.6. The predicted octanol–water partition coefficient (Wildman–Crippen LogP) is 0.445. The van der Waals surface area contributed by atoms with Gasteiger partial charge in [0.05, 0.1) is 4.90 Å². The average Bonchev–Trinajstić information content (AvgIpc) is 2.33. The monoisotopic (exact) mass is 270 g/mol. The Balaban J connectivity index is 2.52. The van der Waals surface area contributed by atoms with E-state index in [0.717, 1.165) is 11.8 Å². The van der Waals surface area contributed by atoms with Crippen LogP contribution in [-0.2, 0) is 21.2 Å². The molecule has 0 fully saturated rings. The van der Waals surface area contributed by atoms with Crippen LogP contribution in [0.4, 0.5) is 0 Å². The fourth-order valence-electron chi connectivity index (χ4n) is 1.41. The summed E-state index contributed by atoms with van der Waals surface area (Å²) in [6, 6.07) is 6.46. The lowest BCUT2D eigenvalue weighted by molar-refractivity contribution is -0.121. The molecule has 0 saturated carbocycles. The van der Waals surface area contributed by atoms with Crippen molar-refractivity contribution < 1.29 is 13.2 Å². The Hall–Kier alpha value is -1.40. The molecular formula is C12H18N2O3S. The first kappa shape index (κ1) is 14.7. The first-order valence-electron chi connectivity index (χ1n) is 5.69. The third kappa shape index (κ3) is 4.85. The molecule has 0 aliphatic rings. The highest BCUT2D eigenvalue weighted by atomic mass is 32.2. The number of carbonyl (C=O) groups excluding carboxylic acids is 1. The maximum atomic E-state index is 11.3. The molecule has 0 aromatic heterocycles. The number of benzene rings is 1. The summed E-state index contributed by atoms with van der Waals surface area (Å²) in [7, 11) is -3.16. The minimum atomic E-state index is -3.16. The molecule has 3 N–H and O–H groups in total. The first-order valence-corrected chi connectivity index (χ1v) is 7.58. The zero-order valence-corrected chi connectivity index (χ0v) is 11.2. The lowest BCUT2D eigenvalue weighted by Gasteiger charge is -2.05. The maximum Gasteiger partial charge on any atom is 0.220 e. The maximum absolute atomic E-state index is 11.3. The zero-order valence-electron chi connectivity index (χ0n) is 10.3. The number of carbonyl (C=O) groups is 1. The van der Waals surface area contributed by atoms with E-state index in [9.17, 15) is 13.2 Å². The van der Waals surface area contributed by atoms with Crippen LogP contribution in [0.3, 0.4) is 0 Å². The summed E-state index contributed by atoms with van der Waals surface area (Å²) in [5, 5.41) is 2.75. The molecule has 1 amide bonds. The highest BCUT2D eigenvalue weighted by Gasteiger charge is 2.06. The molecule has 0 atom stereocenters. The third-order valence-corrected chi connectivity index (χ3v) is 3.58. The molecule has 0 aliphatic carbocycles. The lowest BCUT2D eigenvalue weighted by atomic mass is 10.2. The number of rotatable bonds is 6. The van der Waals surface area contributed by atoms with Crippen molar-refractivity contribution in [2.45, 2.75) is 24.3 Å². The largest absolute Gasteiger partial charge is 0.352 e. The lowest BCUT2D eigenvalue weighted by Crippen LogP contribution is -2.23. The summed E-state index contributed by atoms with van der Waals surface area (Å²) in [6.07, 6.45) is 2.24. The second-order valence-electron chi connectivity index (χ2n) is 4.09. The van der Waals surface area contributed by atoms with Gasteiger partial charge in [-0.15, -0.1) is 0 Å². The van der Waals surface area contributed by atoms with Gasteiger partial charge < -0.3 is 11.1 Å². The molecule has 0 spiro atoms. The van der Waals surface area contributed by atoms with Crippen LogP contribution in [0.2, 0.25) is 0 Å². The van der Waals surface area contributed by atoms with Crippen LogP contribution in [-0.4, -0.2) is 27.1 Å². The molecule has 6 heteroatoms. The summed E-state index contributed by atoms with van der Waals surface area (Å²) in [5.74, 6) is -0.0485. The Morgan fingerprint density at radius 3 is 2.39 bits per heavy atom. The van der Waals surface area contributed by atoms with Crippen molar-refractivity contribution in [3.8, 4) is 0 Å². The van der Waals surface area contributed by atoms with Gasteiger partial charge in [-0.1, -0.05) is 12.1 Å². The van der Waals surface area contributed by atoms with Gasteiger partial charge >= 0.3 is 0 Å². The Labute approximate surface area is 107 Å². The number of nitrogens with one attached hydrogen (secondary N) is 1. The fourth-order valence-corrected chi connectivity index (χ4v) is 2.04. The van der Waals surface area contributed by atoms with Crippen LogP contribution in [0, 0.1) is 0 Å². The molecule has 0 unspecified atom stereocenters. The standard InChI is InChI=1S/C12H18N2O3S/c1-18(16,17)11-6-4-10(5-7-11)9-14-12(15)3-2-8-13/h4-7H,2-3,8-9,13H2,1H3,(H,14,15). The molecular weight excluding hydrogens is 252 g/mol. The number of hydrogen-bond donors (Lipinski definition) is 2. The number of nitrogens with two attached hydrogens (primary N) is 1. The fraction of sp³-hybridized carbons (Fsp3) is 0.417. The summed E-state index contributed by atoms with van der Waals surface area (Å²) >= 11 is 0. The van der Waals surface area contributed by atoms with Crippen LogP contribution in [0.25, 0.3) is 0 Å². The van der Waals surface area contributed by atoms with Crippen molar-refractivity contribution in [1.82, 2.24) is 5.32 Å². The van der Waals surface area contributed by atoms with Gasteiger partial charge in [-0.05, 0) is 30.7 Å². The van der Waals surface area contributed by atoms with Gasteiger partial charge in [0, 0.05) is 19.2 Å². The minimum absolute atomic E-state index is 0.0485. The van der Waals surface area contributed by atoms with E-state index in [1.807, 2.05) is 0 Å². The molecule has 0 aliphatic heterocycles. The van der Waals surface area contributed by atoms with E-state index in [2.05, 4.69) is 5.32 Å². The highest BCUT2D eigenvalue weighted by molar-refractivity contribution is 7.90. The van der Waals surface area contributed by atoms with Crippen molar-refractivity contribution in [1.29, 1.82) is 0 Å². The zero-order chi connectivity index (χ0) is 13.6. The van der Waals surface area contributed by atoms with Gasteiger partial charge in [-0.25, -0.2) is 8.42 Å². The van der Waals surface area contributed by atoms with E-state index < -0.39 is 9.84 Å². The van der Waals surface area contributed by atoms with E-state index in [4.69, 9.17) is 5.73 Å². The molecule has 5 nitrogen and oxygen atoms in total. The SMILES string of the molecule is CS(=O)(=O)c1ccc(CNC(=O)CCCN)cc1. The second-order valence-corrected chi connectivity index (χ2v) is 6.10. The van der Waals surface area contributed by atoms with Gasteiger partial charge in [0.15, 0.2) is 9.84 Å². The van der Waals surface area contributed by atoms with Gasteiger partial charge in [-0.3, -0.25) is 4.79 Å². The summed E-state index contributed by atoms with van der Waals surface area (Å²) in [6.45, 7) is 0.893. The summed E-state index contributed by atoms with van der Waals surface area (Å²) < 4.78 is 22.5. The van der Waals surface area contributed by atoms with Gasteiger partial charge in [0.25, 0.3) is 0 Å². The van der Waals surface area contributed by atoms with Crippen molar-refractivity contribution in [2.75, 3.05) is 12.8 Å². The van der Waals surface area contributed by atoms with E-state index in [-0.39, 0.29) is 10.8 Å². The van der Waals surface area contributed by atoms with Gasteiger partial charge in [0.1, 0.15) is 0 Å². The van der Waals surface area contributed by atoms with Crippen molar-refractivity contribution in [3.63, 3.8) is 0 Å². The van der Waals surface area contributed by atoms with Gasteiger partial charge in [-0.2, -0.15) is 0 Å². The molecule has 0 radical (unpaired) electrons. The molecule has 1 aromatic rings. The number of hydrogen-bond acceptors (Lipinski definition) is 4. The quantitative estimate of drug-likeness (QED) is 0.785. The van der Waals surface area contributed by atoms with E-state index >= 15 is 0 Å². The molecule has 0 saturated heterocycles. The van der Waals surface area contributed by atoms with Crippen molar-refractivity contribution >= 4 is 15.7 Å². The molecule has 0 bridgehead atoms. The van der Waals surface area contributed by atoms with Crippen LogP contribution in [0.15, 0.2) is 29.2 Å². The van der Waals surface area contributed by atoms with E-state index in [1.54, 1.807) is 12.1 Å². The average molecular weight is 270 g/mol. The number of sulfone groups is 1. The van der Waals surface area contributed by atoms with Crippen molar-refractivity contribution in [3.05, 3.63) is 29.8 Å². The van der Waals surface area contributed by atoms with Crippen LogP contribution < -0.4 is 11.1 Å². The Kier molecular flexibility index (Phi) is 5.30. The molecule has 1 aromatic carbocycles. The molecule has 1 rings (SSSR count). The third-order valence-electron chi connectivity index (χ3n) is 2.45. The second kappa shape index (κ2) is 6.51. The topological polar surface area (TPSA) is 89.3 Å². The van der Waals surface area contributed by atoms with Crippen LogP contribution in [0.1, 0.15) is 18.4 Å².